The van der Waals surface area contributed by atoms with Gasteiger partial charge >= 0.3 is 0 Å². The van der Waals surface area contributed by atoms with Crippen LogP contribution < -0.4 is 11.3 Å². The molecule has 2 aromatic carbocycles. The van der Waals surface area contributed by atoms with Crippen molar-refractivity contribution in [1.29, 1.82) is 0 Å². The number of halogens is 4. The topological polar surface area (TPSA) is 38.0 Å². The number of hydrogen-bond donors (Lipinski definition) is 2. The van der Waals surface area contributed by atoms with E-state index in [0.29, 0.717) is 6.42 Å². The molecule has 0 aliphatic heterocycles. The Kier molecular flexibility index (Phi) is 5.31. The number of rotatable bonds is 4. The van der Waals surface area contributed by atoms with Crippen molar-refractivity contribution >= 4 is 34.2 Å². The van der Waals surface area contributed by atoms with Crippen LogP contribution in [-0.4, -0.2) is 0 Å². The minimum Gasteiger partial charge on any atom is -0.271 e. The zero-order valence-electron chi connectivity index (χ0n) is 10.3. The third-order valence-electron chi connectivity index (χ3n) is 2.97. The van der Waals surface area contributed by atoms with E-state index in [9.17, 15) is 8.78 Å². The van der Waals surface area contributed by atoms with Gasteiger partial charge in [-0.3, -0.25) is 11.3 Å². The molecule has 3 N–H and O–H groups in total. The van der Waals surface area contributed by atoms with E-state index < -0.39 is 17.7 Å². The summed E-state index contributed by atoms with van der Waals surface area (Å²) in [5, 5.41) is -0.240. The molecule has 0 aromatic heterocycles. The van der Waals surface area contributed by atoms with Gasteiger partial charge in [0.15, 0.2) is 0 Å². The molecule has 0 heterocycles. The Morgan fingerprint density at radius 1 is 1.15 bits per heavy atom. The Labute approximate surface area is 134 Å². The van der Waals surface area contributed by atoms with E-state index in [-0.39, 0.29) is 10.6 Å². The van der Waals surface area contributed by atoms with Crippen LogP contribution in [0.1, 0.15) is 17.2 Å². The zero-order valence-corrected chi connectivity index (χ0v) is 13.3. The number of nitrogens with two attached hydrogens (primary N) is 1. The van der Waals surface area contributed by atoms with Crippen LogP contribution in [0.3, 0.4) is 0 Å². The fourth-order valence-corrected chi connectivity index (χ4v) is 2.43. The van der Waals surface area contributed by atoms with Gasteiger partial charge in [-0.15, -0.1) is 0 Å². The third-order valence-corrected chi connectivity index (χ3v) is 3.98. The van der Waals surface area contributed by atoms with Gasteiger partial charge in [-0.2, -0.15) is 0 Å². The number of hydrogen-bond acceptors (Lipinski definition) is 2. The summed E-state index contributed by atoms with van der Waals surface area (Å²) in [5.41, 5.74) is 3.65. The van der Waals surface area contributed by atoms with Crippen LogP contribution in [0.15, 0.2) is 36.4 Å². The molecule has 0 bridgehead atoms. The van der Waals surface area contributed by atoms with Gasteiger partial charge in [0.05, 0.1) is 11.1 Å². The first-order valence-corrected chi connectivity index (χ1v) is 7.32. The second-order valence-corrected chi connectivity index (χ2v) is 5.99. The van der Waals surface area contributed by atoms with Crippen LogP contribution in [0, 0.1) is 15.2 Å². The fourth-order valence-electron chi connectivity index (χ4n) is 1.92. The molecule has 0 aliphatic rings. The van der Waals surface area contributed by atoms with Crippen molar-refractivity contribution in [3.05, 3.63) is 67.8 Å². The lowest BCUT2D eigenvalue weighted by Gasteiger charge is -2.17. The molecular formula is C14H12ClF2IN2. The standard InChI is InChI=1S/C14H12ClF2IN2/c15-11-7-12(16)10(6-13(11)17)14(20-19)5-8-1-3-9(18)4-2-8/h1-4,6-7,14,20H,5,19H2. The monoisotopic (exact) mass is 408 g/mol. The molecule has 0 aliphatic carbocycles. The van der Waals surface area contributed by atoms with Gasteiger partial charge in [0, 0.05) is 9.13 Å². The molecule has 2 aromatic rings. The van der Waals surface area contributed by atoms with Crippen molar-refractivity contribution in [2.75, 3.05) is 0 Å². The maximum absolute atomic E-state index is 13.9. The quantitative estimate of drug-likeness (QED) is 0.348. The zero-order chi connectivity index (χ0) is 14.7. The smallest absolute Gasteiger partial charge is 0.142 e. The SMILES string of the molecule is NNC(Cc1ccc(I)cc1)c1cc(F)c(Cl)cc1F. The predicted molar refractivity (Wildman–Crippen MR) is 84.3 cm³/mol. The number of hydrazine groups is 1. The molecule has 0 saturated carbocycles. The van der Waals surface area contributed by atoms with Crippen LogP contribution in [-0.2, 0) is 6.42 Å². The van der Waals surface area contributed by atoms with Crippen molar-refractivity contribution < 1.29 is 8.78 Å². The van der Waals surface area contributed by atoms with Gasteiger partial charge in [-0.25, -0.2) is 8.78 Å². The van der Waals surface area contributed by atoms with Crippen LogP contribution in [0.4, 0.5) is 8.78 Å². The summed E-state index contributed by atoms with van der Waals surface area (Å²) in [6.07, 6.45) is 0.450. The molecule has 0 spiro atoms. The summed E-state index contributed by atoms with van der Waals surface area (Å²) in [7, 11) is 0. The van der Waals surface area contributed by atoms with E-state index in [1.165, 1.54) is 0 Å². The lowest BCUT2D eigenvalue weighted by atomic mass is 9.99. The van der Waals surface area contributed by atoms with E-state index in [1.807, 2.05) is 24.3 Å². The molecule has 0 radical (unpaired) electrons. The fraction of sp³-hybridized carbons (Fsp3) is 0.143. The first kappa shape index (κ1) is 15.6. The van der Waals surface area contributed by atoms with Gasteiger partial charge in [-0.05, 0) is 58.8 Å². The van der Waals surface area contributed by atoms with E-state index >= 15 is 0 Å². The second kappa shape index (κ2) is 6.80. The van der Waals surface area contributed by atoms with Crippen molar-refractivity contribution in [2.24, 2.45) is 5.84 Å². The maximum atomic E-state index is 13.9. The molecule has 0 amide bonds. The molecule has 2 rings (SSSR count). The van der Waals surface area contributed by atoms with Crippen LogP contribution in [0.25, 0.3) is 0 Å². The van der Waals surface area contributed by atoms with Gasteiger partial charge in [0.25, 0.3) is 0 Å². The summed E-state index contributed by atoms with van der Waals surface area (Å²) in [6.45, 7) is 0. The van der Waals surface area contributed by atoms with Gasteiger partial charge in [-0.1, -0.05) is 23.7 Å². The average molecular weight is 409 g/mol. The summed E-state index contributed by atoms with van der Waals surface area (Å²) < 4.78 is 28.5. The first-order chi connectivity index (χ1) is 9.51. The van der Waals surface area contributed by atoms with Gasteiger partial charge in [0.2, 0.25) is 0 Å². The normalized spacial score (nSPS) is 12.4. The van der Waals surface area contributed by atoms with Crippen molar-refractivity contribution in [2.45, 2.75) is 12.5 Å². The van der Waals surface area contributed by atoms with Crippen molar-refractivity contribution in [3.8, 4) is 0 Å². The van der Waals surface area contributed by atoms with E-state index in [1.54, 1.807) is 0 Å². The Bertz CT molecular complexity index is 605. The van der Waals surface area contributed by atoms with Crippen LogP contribution >= 0.6 is 34.2 Å². The largest absolute Gasteiger partial charge is 0.271 e. The number of nitrogens with one attached hydrogen (secondary N) is 1. The highest BCUT2D eigenvalue weighted by molar-refractivity contribution is 14.1. The molecule has 0 saturated heterocycles. The highest BCUT2D eigenvalue weighted by Crippen LogP contribution is 2.26. The van der Waals surface area contributed by atoms with Crippen molar-refractivity contribution in [3.63, 3.8) is 0 Å². The predicted octanol–water partition coefficient (Wildman–Crippen LogP) is 3.97. The van der Waals surface area contributed by atoms with Gasteiger partial charge < -0.3 is 0 Å². The number of benzene rings is 2. The molecule has 0 fully saturated rings. The highest BCUT2D eigenvalue weighted by Gasteiger charge is 2.17. The van der Waals surface area contributed by atoms with Crippen molar-refractivity contribution in [1.82, 2.24) is 5.43 Å². The van der Waals surface area contributed by atoms with E-state index in [4.69, 9.17) is 17.4 Å². The maximum Gasteiger partial charge on any atom is 0.142 e. The first-order valence-electron chi connectivity index (χ1n) is 5.86. The second-order valence-electron chi connectivity index (χ2n) is 4.34. The Morgan fingerprint density at radius 3 is 2.40 bits per heavy atom. The average Bonchev–Trinajstić information content (AvgIpc) is 2.43. The highest BCUT2D eigenvalue weighted by atomic mass is 127. The van der Waals surface area contributed by atoms with E-state index in [2.05, 4.69) is 28.0 Å². The van der Waals surface area contributed by atoms with E-state index in [0.717, 1.165) is 21.3 Å². The molecule has 2 nitrogen and oxygen atoms in total. The Hall–Kier alpha value is -0.760. The summed E-state index contributed by atoms with van der Waals surface area (Å²) >= 11 is 7.74. The molecule has 20 heavy (non-hydrogen) atoms. The molecule has 6 heteroatoms. The third kappa shape index (κ3) is 3.66. The molecule has 1 unspecified atom stereocenters. The van der Waals surface area contributed by atoms with Gasteiger partial charge in [0.1, 0.15) is 11.6 Å². The lowest BCUT2D eigenvalue weighted by Crippen LogP contribution is -2.30. The summed E-state index contributed by atoms with van der Waals surface area (Å²) in [4.78, 5) is 0. The minimum absolute atomic E-state index is 0.160. The Morgan fingerprint density at radius 2 is 1.80 bits per heavy atom. The summed E-state index contributed by atoms with van der Waals surface area (Å²) in [6, 6.07) is 9.26. The summed E-state index contributed by atoms with van der Waals surface area (Å²) in [5.74, 6) is 4.23. The van der Waals surface area contributed by atoms with Crippen LogP contribution in [0.5, 0.6) is 0 Å². The molecule has 1 atom stereocenters. The van der Waals surface area contributed by atoms with Crippen LogP contribution in [0.2, 0.25) is 5.02 Å². The molecular weight excluding hydrogens is 397 g/mol. The Balaban J connectivity index is 2.28. The lowest BCUT2D eigenvalue weighted by molar-refractivity contribution is 0.502. The molecule has 106 valence electrons. The minimum atomic E-state index is -0.661.